The van der Waals surface area contributed by atoms with Gasteiger partial charge in [-0.05, 0) is 17.5 Å². The molecule has 2 heterocycles. The summed E-state index contributed by atoms with van der Waals surface area (Å²) in [4.78, 5) is 4.61. The molecule has 5 heteroatoms. The van der Waals surface area contributed by atoms with Crippen molar-refractivity contribution in [2.75, 3.05) is 30.8 Å². The van der Waals surface area contributed by atoms with Gasteiger partial charge in [-0.1, -0.05) is 37.7 Å². The molecule has 2 aliphatic rings. The van der Waals surface area contributed by atoms with Crippen LogP contribution in [0.4, 0.5) is 5.69 Å². The van der Waals surface area contributed by atoms with E-state index in [0.717, 1.165) is 28.7 Å². The van der Waals surface area contributed by atoms with Gasteiger partial charge in [0.1, 0.15) is 0 Å². The number of ether oxygens (including phenoxy) is 2. The van der Waals surface area contributed by atoms with Gasteiger partial charge in [-0.15, -0.1) is 0 Å². The van der Waals surface area contributed by atoms with Gasteiger partial charge < -0.3 is 14.8 Å². The van der Waals surface area contributed by atoms with Crippen LogP contribution in [-0.2, 0) is 9.47 Å². The van der Waals surface area contributed by atoms with E-state index in [4.69, 9.17) is 9.47 Å². The molecule has 0 aromatic heterocycles. The molecule has 108 valence electrons. The topological polar surface area (TPSA) is 42.9 Å². The highest BCUT2D eigenvalue weighted by Gasteiger charge is 2.23. The van der Waals surface area contributed by atoms with Crippen LogP contribution in [0.15, 0.2) is 29.3 Å². The number of nitrogens with one attached hydrogen (secondary N) is 1. The minimum atomic E-state index is -0.225. The van der Waals surface area contributed by atoms with Gasteiger partial charge in [0.05, 0.1) is 13.2 Å². The lowest BCUT2D eigenvalue weighted by atomic mass is 9.97. The average Bonchev–Trinajstić information content (AvgIpc) is 2.96. The Morgan fingerprint density at radius 1 is 1.30 bits per heavy atom. The van der Waals surface area contributed by atoms with Crippen LogP contribution >= 0.6 is 11.8 Å². The highest BCUT2D eigenvalue weighted by atomic mass is 32.2. The van der Waals surface area contributed by atoms with Crippen LogP contribution in [0.3, 0.4) is 0 Å². The number of rotatable bonds is 2. The average molecular weight is 292 g/mol. The Kier molecular flexibility index (Phi) is 4.01. The van der Waals surface area contributed by atoms with E-state index in [0.29, 0.717) is 18.6 Å². The minimum absolute atomic E-state index is 0.225. The lowest BCUT2D eigenvalue weighted by Crippen LogP contribution is -2.27. The molecule has 3 rings (SSSR count). The molecule has 0 radical (unpaired) electrons. The summed E-state index contributed by atoms with van der Waals surface area (Å²) in [7, 11) is 0. The summed E-state index contributed by atoms with van der Waals surface area (Å²) < 4.78 is 11.1. The van der Waals surface area contributed by atoms with Gasteiger partial charge >= 0.3 is 0 Å². The van der Waals surface area contributed by atoms with Gasteiger partial charge in [0.2, 0.25) is 0 Å². The van der Waals surface area contributed by atoms with Crippen molar-refractivity contribution in [2.24, 2.45) is 10.4 Å². The van der Waals surface area contributed by atoms with Crippen molar-refractivity contribution in [2.45, 2.75) is 20.1 Å². The van der Waals surface area contributed by atoms with Crippen molar-refractivity contribution in [1.82, 2.24) is 0 Å². The summed E-state index contributed by atoms with van der Waals surface area (Å²) in [5, 5.41) is 4.38. The van der Waals surface area contributed by atoms with Gasteiger partial charge in [-0.3, -0.25) is 4.99 Å². The molecule has 0 aliphatic carbocycles. The number of aliphatic imine (C=N–C) groups is 1. The highest BCUT2D eigenvalue weighted by molar-refractivity contribution is 8.14. The summed E-state index contributed by atoms with van der Waals surface area (Å²) in [6.45, 7) is 6.70. The molecule has 2 aliphatic heterocycles. The summed E-state index contributed by atoms with van der Waals surface area (Å²) in [6.07, 6.45) is -0.225. The molecule has 0 bridgehead atoms. The van der Waals surface area contributed by atoms with Crippen LogP contribution in [0, 0.1) is 5.41 Å². The molecular formula is C15H20N2O2S. The minimum Gasteiger partial charge on any atom is -0.346 e. The molecule has 1 aromatic carbocycles. The maximum Gasteiger partial charge on any atom is 0.184 e. The quantitative estimate of drug-likeness (QED) is 0.908. The van der Waals surface area contributed by atoms with E-state index < -0.39 is 0 Å². The van der Waals surface area contributed by atoms with Crippen molar-refractivity contribution < 1.29 is 9.47 Å². The fraction of sp³-hybridized carbons (Fsp3) is 0.533. The zero-order valence-corrected chi connectivity index (χ0v) is 12.7. The van der Waals surface area contributed by atoms with E-state index in [1.807, 2.05) is 18.2 Å². The summed E-state index contributed by atoms with van der Waals surface area (Å²) in [6, 6.07) is 8.15. The first-order valence-corrected chi connectivity index (χ1v) is 7.88. The molecule has 1 aromatic rings. The van der Waals surface area contributed by atoms with E-state index >= 15 is 0 Å². The van der Waals surface area contributed by atoms with Gasteiger partial charge in [-0.2, -0.15) is 0 Å². The lowest BCUT2D eigenvalue weighted by Gasteiger charge is -2.27. The third kappa shape index (κ3) is 3.34. The van der Waals surface area contributed by atoms with Crippen LogP contribution in [0.25, 0.3) is 0 Å². The second-order valence-electron chi connectivity index (χ2n) is 5.90. The first-order chi connectivity index (χ1) is 9.62. The molecule has 1 fully saturated rings. The molecule has 20 heavy (non-hydrogen) atoms. The molecular weight excluding hydrogens is 272 g/mol. The Morgan fingerprint density at radius 3 is 2.80 bits per heavy atom. The fourth-order valence-electron chi connectivity index (χ4n) is 2.15. The largest absolute Gasteiger partial charge is 0.346 e. The Labute approximate surface area is 123 Å². The smallest absolute Gasteiger partial charge is 0.184 e. The van der Waals surface area contributed by atoms with Crippen molar-refractivity contribution in [3.63, 3.8) is 0 Å². The maximum absolute atomic E-state index is 5.53. The SMILES string of the molecule is CC1(C)CN=C(Nc2cccc(C3OCCO3)c2)SC1. The van der Waals surface area contributed by atoms with Gasteiger partial charge in [0.15, 0.2) is 11.5 Å². The third-order valence-corrected chi connectivity index (χ3v) is 4.71. The molecule has 0 unspecified atom stereocenters. The molecule has 0 atom stereocenters. The van der Waals surface area contributed by atoms with E-state index in [2.05, 4.69) is 30.2 Å². The number of thioether (sulfide) groups is 1. The van der Waals surface area contributed by atoms with E-state index in [1.165, 1.54) is 0 Å². The molecule has 4 nitrogen and oxygen atoms in total. The Hall–Kier alpha value is -1.04. The van der Waals surface area contributed by atoms with Gasteiger partial charge in [-0.25, -0.2) is 0 Å². The summed E-state index contributed by atoms with van der Waals surface area (Å²) in [5.41, 5.74) is 2.38. The fourth-order valence-corrected chi connectivity index (χ4v) is 3.12. The van der Waals surface area contributed by atoms with Gasteiger partial charge in [0, 0.05) is 23.5 Å². The predicted octanol–water partition coefficient (Wildman–Crippen LogP) is 3.27. The molecule has 1 N–H and O–H groups in total. The zero-order chi connectivity index (χ0) is 14.0. The van der Waals surface area contributed by atoms with Gasteiger partial charge in [0.25, 0.3) is 0 Å². The second-order valence-corrected chi connectivity index (χ2v) is 6.86. The molecule has 0 amide bonds. The molecule has 0 saturated carbocycles. The summed E-state index contributed by atoms with van der Waals surface area (Å²) in [5.74, 6) is 1.09. The predicted molar refractivity (Wildman–Crippen MR) is 83.3 cm³/mol. The van der Waals surface area contributed by atoms with Crippen LogP contribution in [0.2, 0.25) is 0 Å². The second kappa shape index (κ2) is 5.76. The molecule has 1 saturated heterocycles. The van der Waals surface area contributed by atoms with Crippen molar-refractivity contribution in [1.29, 1.82) is 0 Å². The standard InChI is InChI=1S/C15H20N2O2S/c1-15(2)9-16-14(20-10-15)17-12-5-3-4-11(8-12)13-18-6-7-19-13/h3-5,8,13H,6-7,9-10H2,1-2H3,(H,16,17). The first-order valence-electron chi connectivity index (χ1n) is 6.90. The number of nitrogens with zero attached hydrogens (tertiary/aromatic N) is 1. The number of anilines is 1. The van der Waals surface area contributed by atoms with Crippen LogP contribution in [-0.4, -0.2) is 30.7 Å². The van der Waals surface area contributed by atoms with Crippen LogP contribution in [0.5, 0.6) is 0 Å². The van der Waals surface area contributed by atoms with Crippen LogP contribution < -0.4 is 5.32 Å². The van der Waals surface area contributed by atoms with Crippen molar-refractivity contribution in [3.05, 3.63) is 29.8 Å². The monoisotopic (exact) mass is 292 g/mol. The van der Waals surface area contributed by atoms with Crippen molar-refractivity contribution in [3.8, 4) is 0 Å². The number of hydrogen-bond donors (Lipinski definition) is 1. The molecule has 0 spiro atoms. The van der Waals surface area contributed by atoms with Crippen LogP contribution in [0.1, 0.15) is 25.7 Å². The summed E-state index contributed by atoms with van der Waals surface area (Å²) >= 11 is 1.78. The zero-order valence-electron chi connectivity index (χ0n) is 11.9. The Bertz CT molecular complexity index is 510. The van der Waals surface area contributed by atoms with E-state index in [1.54, 1.807) is 11.8 Å². The van der Waals surface area contributed by atoms with Crippen molar-refractivity contribution >= 4 is 22.6 Å². The van der Waals surface area contributed by atoms with E-state index in [9.17, 15) is 0 Å². The van der Waals surface area contributed by atoms with E-state index in [-0.39, 0.29) is 6.29 Å². The Balaban J connectivity index is 1.68. The number of amidine groups is 1. The first kappa shape index (κ1) is 13.9. The highest BCUT2D eigenvalue weighted by Crippen LogP contribution is 2.29. The number of benzene rings is 1. The normalized spacial score (nSPS) is 22.6. The Morgan fingerprint density at radius 2 is 2.10 bits per heavy atom. The third-order valence-electron chi connectivity index (χ3n) is 3.28. The maximum atomic E-state index is 5.53. The number of hydrogen-bond acceptors (Lipinski definition) is 5. The lowest BCUT2D eigenvalue weighted by molar-refractivity contribution is -0.0440.